The summed E-state index contributed by atoms with van der Waals surface area (Å²) in [6.07, 6.45) is 10.1. The van der Waals surface area contributed by atoms with Crippen molar-refractivity contribution in [3.8, 4) is 5.88 Å². The number of hydrogen-bond acceptors (Lipinski definition) is 4. The first-order valence-corrected chi connectivity index (χ1v) is 8.16. The zero-order valence-electron chi connectivity index (χ0n) is 13.4. The molecule has 3 rings (SSSR count). The zero-order valence-corrected chi connectivity index (χ0v) is 13.4. The third kappa shape index (κ3) is 3.25. The van der Waals surface area contributed by atoms with E-state index in [1.54, 1.807) is 7.11 Å². The summed E-state index contributed by atoms with van der Waals surface area (Å²) in [5, 5.41) is 3.73. The Morgan fingerprint density at radius 1 is 1.19 bits per heavy atom. The van der Waals surface area contributed by atoms with Gasteiger partial charge in [-0.15, -0.1) is 0 Å². The number of pyridine rings is 1. The van der Waals surface area contributed by atoms with E-state index in [4.69, 9.17) is 4.74 Å². The van der Waals surface area contributed by atoms with Crippen molar-refractivity contribution in [3.63, 3.8) is 0 Å². The Kier molecular flexibility index (Phi) is 4.22. The van der Waals surface area contributed by atoms with Crippen molar-refractivity contribution in [1.82, 2.24) is 4.98 Å². The average Bonchev–Trinajstić information content (AvgIpc) is 3.32. The lowest BCUT2D eigenvalue weighted by atomic mass is 9.82. The van der Waals surface area contributed by atoms with Crippen LogP contribution in [0.3, 0.4) is 0 Å². The summed E-state index contributed by atoms with van der Waals surface area (Å²) in [6, 6.07) is 2.60. The molecule has 116 valence electrons. The number of aromatic nitrogens is 1. The van der Waals surface area contributed by atoms with Crippen LogP contribution in [0.2, 0.25) is 0 Å². The van der Waals surface area contributed by atoms with Crippen LogP contribution in [-0.4, -0.2) is 32.2 Å². The number of ether oxygens (including phenoxy) is 1. The summed E-state index contributed by atoms with van der Waals surface area (Å²) in [5.74, 6) is 2.65. The van der Waals surface area contributed by atoms with Crippen LogP contribution in [0.5, 0.6) is 5.88 Å². The second-order valence-corrected chi connectivity index (χ2v) is 6.71. The van der Waals surface area contributed by atoms with Crippen molar-refractivity contribution in [3.05, 3.63) is 12.3 Å². The minimum Gasteiger partial charge on any atom is -0.479 e. The first kappa shape index (κ1) is 14.5. The Morgan fingerprint density at radius 2 is 2.00 bits per heavy atom. The molecule has 0 aromatic carbocycles. The largest absolute Gasteiger partial charge is 0.479 e. The molecule has 0 saturated heterocycles. The Balaban J connectivity index is 1.76. The molecule has 2 atom stereocenters. The molecule has 1 aromatic rings. The van der Waals surface area contributed by atoms with Crippen molar-refractivity contribution in [2.75, 3.05) is 31.4 Å². The fourth-order valence-corrected chi connectivity index (χ4v) is 3.65. The van der Waals surface area contributed by atoms with Gasteiger partial charge in [-0.1, -0.05) is 12.8 Å². The molecule has 1 aromatic heterocycles. The number of methoxy groups -OCH3 is 1. The molecule has 0 radical (unpaired) electrons. The van der Waals surface area contributed by atoms with Crippen molar-refractivity contribution in [2.45, 2.75) is 44.6 Å². The number of hydrogen-bond donors (Lipinski definition) is 1. The minimum absolute atomic E-state index is 0.557. The minimum atomic E-state index is 0.557. The van der Waals surface area contributed by atoms with E-state index in [-0.39, 0.29) is 0 Å². The average molecular weight is 289 g/mol. The normalized spacial score (nSPS) is 25.5. The Morgan fingerprint density at radius 3 is 2.67 bits per heavy atom. The van der Waals surface area contributed by atoms with E-state index < -0.39 is 0 Å². The summed E-state index contributed by atoms with van der Waals surface area (Å²) in [5.41, 5.74) is 2.20. The molecule has 2 saturated carbocycles. The van der Waals surface area contributed by atoms with Crippen LogP contribution in [0.15, 0.2) is 12.3 Å². The Hall–Kier alpha value is -1.45. The van der Waals surface area contributed by atoms with Crippen molar-refractivity contribution in [1.29, 1.82) is 0 Å². The Bertz CT molecular complexity index is 485. The molecule has 0 spiro atoms. The lowest BCUT2D eigenvalue weighted by molar-refractivity contribution is 0.302. The molecule has 0 bridgehead atoms. The molecule has 2 unspecified atom stereocenters. The third-order valence-corrected chi connectivity index (χ3v) is 4.92. The molecule has 4 nitrogen and oxygen atoms in total. The fraction of sp³-hybridized carbons (Fsp3) is 0.706. The summed E-state index contributed by atoms with van der Waals surface area (Å²) in [6.45, 7) is 0. The number of rotatable bonds is 5. The molecule has 0 amide bonds. The van der Waals surface area contributed by atoms with Crippen LogP contribution >= 0.6 is 0 Å². The van der Waals surface area contributed by atoms with Crippen LogP contribution in [0.4, 0.5) is 11.4 Å². The second-order valence-electron chi connectivity index (χ2n) is 6.71. The third-order valence-electron chi connectivity index (χ3n) is 4.92. The van der Waals surface area contributed by atoms with E-state index in [1.165, 1.54) is 38.5 Å². The standard InChI is InChI=1S/C17H27N3O/c1-20(2)15-9-10-18-17(21-3)16(15)19-14-6-4-5-13(11-14)12-7-8-12/h9-10,12-14,19H,4-8,11H2,1-3H3. The maximum atomic E-state index is 5.46. The smallest absolute Gasteiger partial charge is 0.239 e. The van der Waals surface area contributed by atoms with Crippen LogP contribution < -0.4 is 15.0 Å². The van der Waals surface area contributed by atoms with Crippen LogP contribution in [0.25, 0.3) is 0 Å². The van der Waals surface area contributed by atoms with Crippen LogP contribution in [-0.2, 0) is 0 Å². The van der Waals surface area contributed by atoms with Crippen LogP contribution in [0, 0.1) is 11.8 Å². The maximum absolute atomic E-state index is 5.46. The second kappa shape index (κ2) is 6.12. The highest BCUT2D eigenvalue weighted by Gasteiger charge is 2.35. The monoisotopic (exact) mass is 289 g/mol. The number of nitrogens with one attached hydrogen (secondary N) is 1. The molecule has 2 aliphatic carbocycles. The van der Waals surface area contributed by atoms with E-state index in [0.29, 0.717) is 11.9 Å². The van der Waals surface area contributed by atoms with Gasteiger partial charge in [-0.05, 0) is 43.6 Å². The first-order valence-electron chi connectivity index (χ1n) is 8.16. The van der Waals surface area contributed by atoms with E-state index in [0.717, 1.165) is 23.2 Å². The summed E-state index contributed by atoms with van der Waals surface area (Å²) >= 11 is 0. The van der Waals surface area contributed by atoms with Gasteiger partial charge in [-0.3, -0.25) is 0 Å². The van der Waals surface area contributed by atoms with E-state index in [1.807, 2.05) is 12.3 Å². The topological polar surface area (TPSA) is 37.4 Å². The van der Waals surface area contributed by atoms with Crippen molar-refractivity contribution in [2.24, 2.45) is 11.8 Å². The predicted molar refractivity (Wildman–Crippen MR) is 87.2 cm³/mol. The molecular formula is C17H27N3O. The Labute approximate surface area is 127 Å². The van der Waals surface area contributed by atoms with Crippen molar-refractivity contribution >= 4 is 11.4 Å². The molecule has 4 heteroatoms. The molecule has 21 heavy (non-hydrogen) atoms. The molecule has 2 fully saturated rings. The van der Waals surface area contributed by atoms with Gasteiger partial charge in [0.05, 0.1) is 12.8 Å². The predicted octanol–water partition coefficient (Wildman–Crippen LogP) is 3.54. The van der Waals surface area contributed by atoms with E-state index in [2.05, 4.69) is 29.3 Å². The molecule has 2 aliphatic rings. The first-order chi connectivity index (χ1) is 10.2. The SMILES string of the molecule is COc1nccc(N(C)C)c1NC1CCCC(C2CC2)C1. The molecule has 1 N–H and O–H groups in total. The number of nitrogens with zero attached hydrogens (tertiary/aromatic N) is 2. The van der Waals surface area contributed by atoms with Gasteiger partial charge >= 0.3 is 0 Å². The van der Waals surface area contributed by atoms with E-state index in [9.17, 15) is 0 Å². The summed E-state index contributed by atoms with van der Waals surface area (Å²) in [4.78, 5) is 6.48. The molecule has 1 heterocycles. The zero-order chi connectivity index (χ0) is 14.8. The lowest BCUT2D eigenvalue weighted by Gasteiger charge is -2.32. The molecule has 0 aliphatic heterocycles. The van der Waals surface area contributed by atoms with Gasteiger partial charge in [0.25, 0.3) is 0 Å². The highest BCUT2D eigenvalue weighted by Crippen LogP contribution is 2.45. The van der Waals surface area contributed by atoms with Gasteiger partial charge in [0.15, 0.2) is 0 Å². The highest BCUT2D eigenvalue weighted by molar-refractivity contribution is 5.74. The number of anilines is 2. The van der Waals surface area contributed by atoms with Gasteiger partial charge in [-0.25, -0.2) is 4.98 Å². The van der Waals surface area contributed by atoms with Gasteiger partial charge in [0.1, 0.15) is 5.69 Å². The quantitative estimate of drug-likeness (QED) is 0.899. The van der Waals surface area contributed by atoms with Gasteiger partial charge < -0.3 is 15.0 Å². The fourth-order valence-electron chi connectivity index (χ4n) is 3.65. The van der Waals surface area contributed by atoms with E-state index >= 15 is 0 Å². The van der Waals surface area contributed by atoms with Crippen molar-refractivity contribution < 1.29 is 4.74 Å². The summed E-state index contributed by atoms with van der Waals surface area (Å²) in [7, 11) is 5.82. The maximum Gasteiger partial charge on any atom is 0.239 e. The van der Waals surface area contributed by atoms with Gasteiger partial charge in [-0.2, -0.15) is 0 Å². The summed E-state index contributed by atoms with van der Waals surface area (Å²) < 4.78 is 5.46. The van der Waals surface area contributed by atoms with Gasteiger partial charge in [0, 0.05) is 26.3 Å². The van der Waals surface area contributed by atoms with Crippen LogP contribution in [0.1, 0.15) is 38.5 Å². The highest BCUT2D eigenvalue weighted by atomic mass is 16.5. The lowest BCUT2D eigenvalue weighted by Crippen LogP contribution is -2.29. The van der Waals surface area contributed by atoms with Gasteiger partial charge in [0.2, 0.25) is 5.88 Å². The molecular weight excluding hydrogens is 262 g/mol.